The first-order chi connectivity index (χ1) is 9.72. The summed E-state index contributed by atoms with van der Waals surface area (Å²) in [4.78, 5) is 15.9. The second kappa shape index (κ2) is 5.48. The number of nitrogens with zero attached hydrogens (tertiary/aromatic N) is 1. The van der Waals surface area contributed by atoms with Crippen LogP contribution in [-0.2, 0) is 0 Å². The highest BCUT2D eigenvalue weighted by molar-refractivity contribution is 7.13. The minimum Gasteiger partial charge on any atom is -0.451 e. The van der Waals surface area contributed by atoms with E-state index in [9.17, 15) is 4.79 Å². The zero-order valence-electron chi connectivity index (χ0n) is 10.2. The fourth-order valence-electron chi connectivity index (χ4n) is 1.67. The molecule has 0 saturated heterocycles. The number of amides is 1. The van der Waals surface area contributed by atoms with E-state index in [1.165, 1.54) is 11.3 Å². The number of thiazole rings is 1. The summed E-state index contributed by atoms with van der Waals surface area (Å²) in [5, 5.41) is 5.65. The van der Waals surface area contributed by atoms with Gasteiger partial charge in [0.25, 0.3) is 5.91 Å². The second-order valence-electron chi connectivity index (χ2n) is 3.96. The Morgan fingerprint density at radius 1 is 1.20 bits per heavy atom. The van der Waals surface area contributed by atoms with Crippen molar-refractivity contribution in [1.82, 2.24) is 4.98 Å². The number of halogens is 1. The molecule has 0 aliphatic heterocycles. The van der Waals surface area contributed by atoms with Gasteiger partial charge in [0.05, 0.1) is 0 Å². The van der Waals surface area contributed by atoms with Gasteiger partial charge in [-0.05, 0) is 36.4 Å². The number of carbonyl (C=O) groups is 1. The van der Waals surface area contributed by atoms with E-state index in [4.69, 9.17) is 16.0 Å². The Morgan fingerprint density at radius 2 is 2.00 bits per heavy atom. The maximum Gasteiger partial charge on any atom is 0.293 e. The van der Waals surface area contributed by atoms with Gasteiger partial charge >= 0.3 is 0 Å². The largest absolute Gasteiger partial charge is 0.451 e. The van der Waals surface area contributed by atoms with Crippen LogP contribution in [-0.4, -0.2) is 10.9 Å². The number of furan rings is 1. The van der Waals surface area contributed by atoms with Crippen LogP contribution in [0.1, 0.15) is 10.6 Å². The van der Waals surface area contributed by atoms with Gasteiger partial charge in [-0.25, -0.2) is 4.98 Å². The van der Waals surface area contributed by atoms with Crippen molar-refractivity contribution < 1.29 is 9.21 Å². The number of hydrogen-bond acceptors (Lipinski definition) is 4. The zero-order valence-corrected chi connectivity index (χ0v) is 11.7. The monoisotopic (exact) mass is 304 g/mol. The van der Waals surface area contributed by atoms with Gasteiger partial charge in [0, 0.05) is 22.2 Å². The van der Waals surface area contributed by atoms with Crippen molar-refractivity contribution in [2.24, 2.45) is 0 Å². The van der Waals surface area contributed by atoms with E-state index in [1.54, 1.807) is 35.8 Å². The lowest BCUT2D eigenvalue weighted by molar-refractivity contribution is 0.0997. The van der Waals surface area contributed by atoms with Gasteiger partial charge in [0.15, 0.2) is 10.9 Å². The van der Waals surface area contributed by atoms with E-state index < -0.39 is 0 Å². The van der Waals surface area contributed by atoms with Crippen molar-refractivity contribution in [2.45, 2.75) is 0 Å². The average molecular weight is 305 g/mol. The van der Waals surface area contributed by atoms with Gasteiger partial charge in [0.2, 0.25) is 0 Å². The topological polar surface area (TPSA) is 55.1 Å². The molecule has 20 heavy (non-hydrogen) atoms. The molecular weight excluding hydrogens is 296 g/mol. The Morgan fingerprint density at radius 3 is 2.70 bits per heavy atom. The molecule has 0 radical (unpaired) electrons. The van der Waals surface area contributed by atoms with Gasteiger partial charge in [0.1, 0.15) is 5.76 Å². The molecule has 0 bridgehead atoms. The third-order valence-electron chi connectivity index (χ3n) is 2.61. The second-order valence-corrected chi connectivity index (χ2v) is 5.29. The Bertz CT molecular complexity index is 720. The normalized spacial score (nSPS) is 10.4. The summed E-state index contributed by atoms with van der Waals surface area (Å²) in [6, 6.07) is 10.6. The third kappa shape index (κ3) is 2.74. The standard InChI is InChI=1S/C14H9ClN2O2S/c15-10-3-1-9(2-4-10)11-5-6-12(19-11)13(18)17-14-16-7-8-20-14/h1-8H,(H,16,17,18). The molecular formula is C14H9ClN2O2S. The fourth-order valence-corrected chi connectivity index (χ4v) is 2.32. The van der Waals surface area contributed by atoms with E-state index in [2.05, 4.69) is 10.3 Å². The molecule has 1 amide bonds. The Balaban J connectivity index is 1.79. The first-order valence-corrected chi connectivity index (χ1v) is 7.05. The molecule has 0 aliphatic rings. The Labute approximate surface area is 124 Å². The van der Waals surface area contributed by atoms with Gasteiger partial charge in [-0.3, -0.25) is 10.1 Å². The maximum absolute atomic E-state index is 12.0. The van der Waals surface area contributed by atoms with Gasteiger partial charge in [-0.1, -0.05) is 11.6 Å². The molecule has 0 fully saturated rings. The average Bonchev–Trinajstić information content (AvgIpc) is 3.10. The number of anilines is 1. The van der Waals surface area contributed by atoms with Crippen molar-refractivity contribution in [2.75, 3.05) is 5.32 Å². The van der Waals surface area contributed by atoms with Gasteiger partial charge in [-0.2, -0.15) is 0 Å². The van der Waals surface area contributed by atoms with Gasteiger partial charge < -0.3 is 4.42 Å². The van der Waals surface area contributed by atoms with E-state index in [1.807, 2.05) is 12.1 Å². The summed E-state index contributed by atoms with van der Waals surface area (Å²) in [6.07, 6.45) is 1.63. The number of hydrogen-bond donors (Lipinski definition) is 1. The van der Waals surface area contributed by atoms with E-state index >= 15 is 0 Å². The summed E-state index contributed by atoms with van der Waals surface area (Å²) >= 11 is 7.19. The van der Waals surface area contributed by atoms with Crippen LogP contribution in [0.15, 0.2) is 52.4 Å². The van der Waals surface area contributed by atoms with E-state index in [0.29, 0.717) is 15.9 Å². The lowest BCUT2D eigenvalue weighted by atomic mass is 10.2. The number of aromatic nitrogens is 1. The van der Waals surface area contributed by atoms with Crippen LogP contribution < -0.4 is 5.32 Å². The number of rotatable bonds is 3. The summed E-state index contributed by atoms with van der Waals surface area (Å²) in [5.74, 6) is 0.538. The Hall–Kier alpha value is -2.11. The van der Waals surface area contributed by atoms with Crippen molar-refractivity contribution in [3.05, 3.63) is 58.8 Å². The number of carbonyl (C=O) groups excluding carboxylic acids is 1. The molecule has 0 atom stereocenters. The zero-order chi connectivity index (χ0) is 13.9. The Kier molecular flexibility index (Phi) is 3.54. The molecule has 1 N–H and O–H groups in total. The predicted molar refractivity (Wildman–Crippen MR) is 79.2 cm³/mol. The lowest BCUT2D eigenvalue weighted by Gasteiger charge is -1.99. The minimum absolute atomic E-state index is 0.241. The highest BCUT2D eigenvalue weighted by Gasteiger charge is 2.13. The molecule has 4 nitrogen and oxygen atoms in total. The van der Waals surface area contributed by atoms with Crippen molar-refractivity contribution in [1.29, 1.82) is 0 Å². The quantitative estimate of drug-likeness (QED) is 0.784. The van der Waals surface area contributed by atoms with Crippen molar-refractivity contribution in [3.63, 3.8) is 0 Å². The van der Waals surface area contributed by atoms with Crippen LogP contribution in [0, 0.1) is 0 Å². The number of nitrogens with one attached hydrogen (secondary N) is 1. The van der Waals surface area contributed by atoms with Gasteiger partial charge in [-0.15, -0.1) is 11.3 Å². The molecule has 0 spiro atoms. The van der Waals surface area contributed by atoms with Crippen LogP contribution in [0.2, 0.25) is 5.02 Å². The molecule has 1 aromatic carbocycles. The summed E-state index contributed by atoms with van der Waals surface area (Å²) < 4.78 is 5.54. The van der Waals surface area contributed by atoms with Crippen LogP contribution in [0.5, 0.6) is 0 Å². The highest BCUT2D eigenvalue weighted by Crippen LogP contribution is 2.24. The molecule has 6 heteroatoms. The third-order valence-corrected chi connectivity index (χ3v) is 3.55. The lowest BCUT2D eigenvalue weighted by Crippen LogP contribution is -2.10. The SMILES string of the molecule is O=C(Nc1nccs1)c1ccc(-c2ccc(Cl)cc2)o1. The van der Waals surface area contributed by atoms with E-state index in [-0.39, 0.29) is 11.7 Å². The first kappa shape index (κ1) is 12.9. The molecule has 0 saturated carbocycles. The maximum atomic E-state index is 12.0. The smallest absolute Gasteiger partial charge is 0.293 e. The van der Waals surface area contributed by atoms with Crippen LogP contribution in [0.4, 0.5) is 5.13 Å². The van der Waals surface area contributed by atoms with Crippen LogP contribution in [0.25, 0.3) is 11.3 Å². The molecule has 0 aliphatic carbocycles. The first-order valence-electron chi connectivity index (χ1n) is 5.79. The van der Waals surface area contributed by atoms with Crippen molar-refractivity contribution >= 4 is 34.0 Å². The summed E-state index contributed by atoms with van der Waals surface area (Å²) in [5.41, 5.74) is 0.864. The highest BCUT2D eigenvalue weighted by atomic mass is 35.5. The molecule has 0 unspecified atom stereocenters. The molecule has 3 aromatic rings. The molecule has 3 rings (SSSR count). The van der Waals surface area contributed by atoms with E-state index in [0.717, 1.165) is 5.56 Å². The molecule has 100 valence electrons. The molecule has 2 heterocycles. The molecule has 2 aromatic heterocycles. The summed E-state index contributed by atoms with van der Waals surface area (Å²) in [7, 11) is 0. The fraction of sp³-hybridized carbons (Fsp3) is 0. The minimum atomic E-state index is -0.319. The number of benzene rings is 1. The van der Waals surface area contributed by atoms with Crippen molar-refractivity contribution in [3.8, 4) is 11.3 Å². The van der Waals surface area contributed by atoms with Crippen LogP contribution >= 0.6 is 22.9 Å². The predicted octanol–water partition coefficient (Wildman–Crippen LogP) is 4.31. The van der Waals surface area contributed by atoms with Crippen LogP contribution in [0.3, 0.4) is 0 Å². The summed E-state index contributed by atoms with van der Waals surface area (Å²) in [6.45, 7) is 0.